The number of esters is 1. The number of nitrogens with one attached hydrogen (secondary N) is 2. The standard InChI is InChI=1S/C21H25N3O3S/c1-15-18(20(25)26-2)4-3-5-19(15)23-21(28)22-14-16-6-8-17(9-7-16)24-10-12-27-13-11-24/h3-9H,10-14H2,1-2H3,(H2,22,23,28). The van der Waals surface area contributed by atoms with Crippen LogP contribution in [0.5, 0.6) is 0 Å². The number of hydrogen-bond acceptors (Lipinski definition) is 5. The second-order valence-electron chi connectivity index (χ2n) is 6.54. The number of methoxy groups -OCH3 is 1. The first-order valence-electron chi connectivity index (χ1n) is 9.23. The molecule has 0 unspecified atom stereocenters. The predicted octanol–water partition coefficient (Wildman–Crippen LogP) is 3.10. The van der Waals surface area contributed by atoms with Crippen LogP contribution in [0, 0.1) is 6.92 Å². The summed E-state index contributed by atoms with van der Waals surface area (Å²) in [7, 11) is 1.37. The minimum atomic E-state index is -0.361. The van der Waals surface area contributed by atoms with Gasteiger partial charge in [-0.05, 0) is 54.5 Å². The van der Waals surface area contributed by atoms with Gasteiger partial charge < -0.3 is 25.0 Å². The van der Waals surface area contributed by atoms with Gasteiger partial charge in [-0.2, -0.15) is 0 Å². The van der Waals surface area contributed by atoms with E-state index in [1.54, 1.807) is 12.1 Å². The van der Waals surface area contributed by atoms with E-state index in [1.807, 2.05) is 13.0 Å². The van der Waals surface area contributed by atoms with Crippen LogP contribution in [0.25, 0.3) is 0 Å². The molecule has 28 heavy (non-hydrogen) atoms. The third-order valence-corrected chi connectivity index (χ3v) is 5.00. The molecule has 0 bridgehead atoms. The van der Waals surface area contributed by atoms with E-state index in [4.69, 9.17) is 21.7 Å². The first-order valence-corrected chi connectivity index (χ1v) is 9.63. The van der Waals surface area contributed by atoms with E-state index < -0.39 is 0 Å². The van der Waals surface area contributed by atoms with Crippen molar-refractivity contribution in [1.82, 2.24) is 5.32 Å². The smallest absolute Gasteiger partial charge is 0.338 e. The molecule has 0 spiro atoms. The van der Waals surface area contributed by atoms with Crippen molar-refractivity contribution in [3.63, 3.8) is 0 Å². The molecular formula is C21H25N3O3S. The van der Waals surface area contributed by atoms with E-state index in [0.717, 1.165) is 43.1 Å². The van der Waals surface area contributed by atoms with Crippen LogP contribution in [-0.2, 0) is 16.0 Å². The molecule has 0 atom stereocenters. The topological polar surface area (TPSA) is 62.8 Å². The molecule has 1 saturated heterocycles. The van der Waals surface area contributed by atoms with Gasteiger partial charge in [0, 0.05) is 31.0 Å². The summed E-state index contributed by atoms with van der Waals surface area (Å²) in [6.45, 7) is 5.89. The van der Waals surface area contributed by atoms with Crippen molar-refractivity contribution in [1.29, 1.82) is 0 Å². The maximum absolute atomic E-state index is 11.8. The molecule has 0 aromatic heterocycles. The number of benzene rings is 2. The van der Waals surface area contributed by atoms with Crippen molar-refractivity contribution in [2.24, 2.45) is 0 Å². The first-order chi connectivity index (χ1) is 13.6. The van der Waals surface area contributed by atoms with Crippen LogP contribution in [0.4, 0.5) is 11.4 Å². The Morgan fingerprint density at radius 1 is 1.18 bits per heavy atom. The molecule has 6 nitrogen and oxygen atoms in total. The van der Waals surface area contributed by atoms with Crippen LogP contribution in [0.1, 0.15) is 21.5 Å². The molecule has 0 saturated carbocycles. The van der Waals surface area contributed by atoms with Gasteiger partial charge in [-0.3, -0.25) is 0 Å². The quantitative estimate of drug-likeness (QED) is 0.592. The molecule has 148 valence electrons. The van der Waals surface area contributed by atoms with Gasteiger partial charge >= 0.3 is 5.97 Å². The lowest BCUT2D eigenvalue weighted by Crippen LogP contribution is -2.36. The Kier molecular flexibility index (Phi) is 6.84. The molecule has 1 aliphatic heterocycles. The van der Waals surface area contributed by atoms with Crippen LogP contribution in [0.3, 0.4) is 0 Å². The zero-order chi connectivity index (χ0) is 19.9. The minimum Gasteiger partial charge on any atom is -0.465 e. The molecule has 1 heterocycles. The van der Waals surface area contributed by atoms with E-state index in [1.165, 1.54) is 12.8 Å². The molecule has 3 rings (SSSR count). The Hall–Kier alpha value is -2.64. The van der Waals surface area contributed by atoms with Crippen molar-refractivity contribution in [3.05, 3.63) is 59.2 Å². The Morgan fingerprint density at radius 3 is 2.57 bits per heavy atom. The highest BCUT2D eigenvalue weighted by molar-refractivity contribution is 7.80. The Morgan fingerprint density at radius 2 is 1.89 bits per heavy atom. The number of hydrogen-bond donors (Lipinski definition) is 2. The summed E-state index contributed by atoms with van der Waals surface area (Å²) in [6, 6.07) is 13.9. The third-order valence-electron chi connectivity index (χ3n) is 4.75. The third kappa shape index (κ3) is 4.99. The van der Waals surface area contributed by atoms with Crippen molar-refractivity contribution < 1.29 is 14.3 Å². The normalized spacial score (nSPS) is 13.7. The summed E-state index contributed by atoms with van der Waals surface area (Å²) < 4.78 is 10.2. The van der Waals surface area contributed by atoms with Crippen molar-refractivity contribution in [2.75, 3.05) is 43.6 Å². The summed E-state index contributed by atoms with van der Waals surface area (Å²) in [5.74, 6) is -0.361. The lowest BCUT2D eigenvalue weighted by atomic mass is 10.1. The number of ether oxygens (including phenoxy) is 2. The van der Waals surface area contributed by atoms with Crippen molar-refractivity contribution >= 4 is 34.7 Å². The van der Waals surface area contributed by atoms with Crippen LogP contribution in [0.2, 0.25) is 0 Å². The van der Waals surface area contributed by atoms with E-state index >= 15 is 0 Å². The molecule has 2 N–H and O–H groups in total. The van der Waals surface area contributed by atoms with Gasteiger partial charge in [0.1, 0.15) is 0 Å². The van der Waals surface area contributed by atoms with Gasteiger partial charge in [0.2, 0.25) is 0 Å². The molecular weight excluding hydrogens is 374 g/mol. The fourth-order valence-electron chi connectivity index (χ4n) is 3.10. The van der Waals surface area contributed by atoms with Crippen molar-refractivity contribution in [3.8, 4) is 0 Å². The number of rotatable bonds is 5. The molecule has 1 aliphatic rings. The van der Waals surface area contributed by atoms with Gasteiger partial charge in [0.15, 0.2) is 5.11 Å². The van der Waals surface area contributed by atoms with E-state index in [2.05, 4.69) is 39.8 Å². The Labute approximate surface area is 170 Å². The number of carbonyl (C=O) groups is 1. The lowest BCUT2D eigenvalue weighted by molar-refractivity contribution is 0.0600. The Bertz CT molecular complexity index is 833. The average Bonchev–Trinajstić information content (AvgIpc) is 2.74. The largest absolute Gasteiger partial charge is 0.465 e. The van der Waals surface area contributed by atoms with Gasteiger partial charge in [-0.25, -0.2) is 4.79 Å². The Balaban J connectivity index is 1.55. The van der Waals surface area contributed by atoms with E-state index in [0.29, 0.717) is 17.2 Å². The van der Waals surface area contributed by atoms with Crippen molar-refractivity contribution in [2.45, 2.75) is 13.5 Å². The highest BCUT2D eigenvalue weighted by Gasteiger charge is 2.13. The highest BCUT2D eigenvalue weighted by Crippen LogP contribution is 2.20. The monoisotopic (exact) mass is 399 g/mol. The zero-order valence-electron chi connectivity index (χ0n) is 16.2. The molecule has 2 aromatic carbocycles. The number of anilines is 2. The van der Waals surface area contributed by atoms with E-state index in [9.17, 15) is 4.79 Å². The minimum absolute atomic E-state index is 0.361. The highest BCUT2D eigenvalue weighted by atomic mass is 32.1. The maximum Gasteiger partial charge on any atom is 0.338 e. The molecule has 7 heteroatoms. The summed E-state index contributed by atoms with van der Waals surface area (Å²) >= 11 is 5.40. The second kappa shape index (κ2) is 9.52. The van der Waals surface area contributed by atoms with Gasteiger partial charge in [0.25, 0.3) is 0 Å². The molecule has 2 aromatic rings. The fraction of sp³-hybridized carbons (Fsp3) is 0.333. The average molecular weight is 400 g/mol. The van der Waals surface area contributed by atoms with Crippen LogP contribution in [0.15, 0.2) is 42.5 Å². The first kappa shape index (κ1) is 20.1. The molecule has 0 radical (unpaired) electrons. The lowest BCUT2D eigenvalue weighted by Gasteiger charge is -2.28. The van der Waals surface area contributed by atoms with E-state index in [-0.39, 0.29) is 5.97 Å². The maximum atomic E-state index is 11.8. The van der Waals surface area contributed by atoms with Gasteiger partial charge in [-0.15, -0.1) is 0 Å². The summed E-state index contributed by atoms with van der Waals surface area (Å²) in [5.41, 5.74) is 4.45. The number of nitrogens with zero attached hydrogens (tertiary/aromatic N) is 1. The SMILES string of the molecule is COC(=O)c1cccc(NC(=S)NCc2ccc(N3CCOCC3)cc2)c1C. The molecule has 1 fully saturated rings. The number of thiocarbonyl (C=S) groups is 1. The van der Waals surface area contributed by atoms with Crippen LogP contribution < -0.4 is 15.5 Å². The number of carbonyl (C=O) groups excluding carboxylic acids is 1. The molecule has 0 amide bonds. The van der Waals surface area contributed by atoms with Crippen LogP contribution in [-0.4, -0.2) is 44.5 Å². The van der Waals surface area contributed by atoms with Crippen LogP contribution >= 0.6 is 12.2 Å². The van der Waals surface area contributed by atoms with Gasteiger partial charge in [0.05, 0.1) is 25.9 Å². The fourth-order valence-corrected chi connectivity index (χ4v) is 3.28. The molecule has 0 aliphatic carbocycles. The zero-order valence-corrected chi connectivity index (χ0v) is 17.0. The summed E-state index contributed by atoms with van der Waals surface area (Å²) in [5, 5.41) is 6.86. The van der Waals surface area contributed by atoms with Gasteiger partial charge in [-0.1, -0.05) is 18.2 Å². The second-order valence-corrected chi connectivity index (χ2v) is 6.95. The summed E-state index contributed by atoms with van der Waals surface area (Å²) in [4.78, 5) is 14.1. The summed E-state index contributed by atoms with van der Waals surface area (Å²) in [6.07, 6.45) is 0. The number of morpholine rings is 1. The predicted molar refractivity (Wildman–Crippen MR) is 115 cm³/mol.